The summed E-state index contributed by atoms with van der Waals surface area (Å²) in [7, 11) is 0. The molecule has 0 unspecified atom stereocenters. The van der Waals surface area contributed by atoms with Crippen LogP contribution in [-0.2, 0) is 0 Å². The second-order valence-electron chi connectivity index (χ2n) is 1.44. The molecule has 52 valence electrons. The molecular weight excluding hydrogens is 346 g/mol. The molecule has 0 saturated heterocycles. The smallest absolute Gasteiger partial charge is 0.121 e. The average molecular weight is 346 g/mol. The van der Waals surface area contributed by atoms with Gasteiger partial charge in [-0.05, 0) is 47.8 Å². The van der Waals surface area contributed by atoms with Crippen LogP contribution in [0.3, 0.4) is 0 Å². The summed E-state index contributed by atoms with van der Waals surface area (Å²) in [6.07, 6.45) is 0. The van der Waals surface area contributed by atoms with Gasteiger partial charge in [-0.15, -0.1) is 11.3 Å². The van der Waals surface area contributed by atoms with Crippen molar-refractivity contribution in [1.29, 1.82) is 5.26 Å². The lowest BCUT2D eigenvalue weighted by molar-refractivity contribution is 1.51. The number of nitriles is 1. The van der Waals surface area contributed by atoms with E-state index in [-0.39, 0.29) is 0 Å². The van der Waals surface area contributed by atoms with Crippen molar-refractivity contribution in [3.05, 3.63) is 17.6 Å². The van der Waals surface area contributed by atoms with Gasteiger partial charge in [0.1, 0.15) is 10.9 Å². The Hall–Kier alpha value is 0.630. The highest BCUT2D eigenvalue weighted by Crippen LogP contribution is 2.40. The van der Waals surface area contributed by atoms with E-state index in [4.69, 9.17) is 5.26 Å². The number of hydrogen-bond donors (Lipinski definition) is 0. The molecule has 10 heavy (non-hydrogen) atoms. The Labute approximate surface area is 87.4 Å². The van der Waals surface area contributed by atoms with Gasteiger partial charge in [-0.1, -0.05) is 0 Å². The fraction of sp³-hybridized carbons (Fsp3) is 0. The Morgan fingerprint density at radius 1 is 1.20 bits per heavy atom. The van der Waals surface area contributed by atoms with Crippen molar-refractivity contribution >= 4 is 59.1 Å². The monoisotopic (exact) mass is 343 g/mol. The van der Waals surface area contributed by atoms with Crippen molar-refractivity contribution in [3.63, 3.8) is 0 Å². The summed E-state index contributed by atoms with van der Waals surface area (Å²) in [6, 6.07) is 2.07. The highest BCUT2D eigenvalue weighted by atomic mass is 79.9. The molecule has 0 radical (unpaired) electrons. The Bertz CT molecular complexity index is 299. The van der Waals surface area contributed by atoms with Crippen molar-refractivity contribution in [1.82, 2.24) is 0 Å². The minimum Gasteiger partial charge on any atom is -0.191 e. The lowest BCUT2D eigenvalue weighted by Crippen LogP contribution is -1.62. The number of hydrogen-bond acceptors (Lipinski definition) is 2. The SMILES string of the molecule is N#Cc1sc(Br)c(Br)c1Br. The molecule has 1 heterocycles. The van der Waals surface area contributed by atoms with E-state index in [2.05, 4.69) is 53.9 Å². The van der Waals surface area contributed by atoms with E-state index in [0.29, 0.717) is 4.88 Å². The maximum absolute atomic E-state index is 8.54. The van der Waals surface area contributed by atoms with Crippen molar-refractivity contribution in [2.45, 2.75) is 0 Å². The van der Waals surface area contributed by atoms with Gasteiger partial charge < -0.3 is 0 Å². The quantitative estimate of drug-likeness (QED) is 0.699. The van der Waals surface area contributed by atoms with Gasteiger partial charge >= 0.3 is 0 Å². The van der Waals surface area contributed by atoms with Gasteiger partial charge in [-0.2, -0.15) is 5.26 Å². The second kappa shape index (κ2) is 3.35. The molecule has 0 spiro atoms. The maximum atomic E-state index is 8.54. The molecule has 0 aliphatic carbocycles. The maximum Gasteiger partial charge on any atom is 0.121 e. The molecule has 0 bridgehead atoms. The lowest BCUT2D eigenvalue weighted by atomic mass is 10.5. The fourth-order valence-electron chi connectivity index (χ4n) is 0.437. The van der Waals surface area contributed by atoms with Crippen molar-refractivity contribution in [3.8, 4) is 6.07 Å². The highest BCUT2D eigenvalue weighted by molar-refractivity contribution is 9.14. The molecule has 5 heteroatoms. The van der Waals surface area contributed by atoms with Gasteiger partial charge in [0.25, 0.3) is 0 Å². The van der Waals surface area contributed by atoms with Crippen LogP contribution in [0.2, 0.25) is 0 Å². The summed E-state index contributed by atoms with van der Waals surface area (Å²) in [6.45, 7) is 0. The summed E-state index contributed by atoms with van der Waals surface area (Å²) in [4.78, 5) is 0.679. The Morgan fingerprint density at radius 3 is 2.00 bits per heavy atom. The van der Waals surface area contributed by atoms with E-state index in [1.54, 1.807) is 0 Å². The Kier molecular flexibility index (Phi) is 2.92. The first-order chi connectivity index (χ1) is 4.66. The Morgan fingerprint density at radius 2 is 1.80 bits per heavy atom. The topological polar surface area (TPSA) is 23.8 Å². The molecule has 0 N–H and O–H groups in total. The van der Waals surface area contributed by atoms with Gasteiger partial charge in [0.05, 0.1) is 12.7 Å². The molecule has 0 aromatic carbocycles. The third-order valence-corrected chi connectivity index (χ3v) is 5.80. The van der Waals surface area contributed by atoms with E-state index in [1.807, 2.05) is 0 Å². The van der Waals surface area contributed by atoms with Crippen LogP contribution < -0.4 is 0 Å². The number of nitrogens with zero attached hydrogens (tertiary/aromatic N) is 1. The predicted molar refractivity (Wildman–Crippen MR) is 52.1 cm³/mol. The van der Waals surface area contributed by atoms with Crippen molar-refractivity contribution < 1.29 is 0 Å². The molecule has 0 atom stereocenters. The Balaban J connectivity index is 3.34. The minimum absolute atomic E-state index is 0.679. The van der Waals surface area contributed by atoms with Gasteiger partial charge in [0, 0.05) is 0 Å². The third kappa shape index (κ3) is 1.45. The third-order valence-electron chi connectivity index (χ3n) is 0.858. The van der Waals surface area contributed by atoms with Crippen LogP contribution in [0, 0.1) is 11.3 Å². The first kappa shape index (κ1) is 8.72. The highest BCUT2D eigenvalue weighted by Gasteiger charge is 2.10. The molecule has 0 amide bonds. The van der Waals surface area contributed by atoms with Crippen molar-refractivity contribution in [2.24, 2.45) is 0 Å². The minimum atomic E-state index is 0.679. The molecule has 1 nitrogen and oxygen atoms in total. The molecule has 0 aliphatic rings. The molecular formula is C5Br3NS. The van der Waals surface area contributed by atoms with Crippen LogP contribution in [0.25, 0.3) is 0 Å². The van der Waals surface area contributed by atoms with E-state index < -0.39 is 0 Å². The summed E-state index contributed by atoms with van der Waals surface area (Å²) >= 11 is 11.3. The number of rotatable bonds is 0. The summed E-state index contributed by atoms with van der Waals surface area (Å²) in [5, 5.41) is 8.54. The summed E-state index contributed by atoms with van der Waals surface area (Å²) in [5.41, 5.74) is 0. The van der Waals surface area contributed by atoms with Gasteiger partial charge in [-0.3, -0.25) is 0 Å². The predicted octanol–water partition coefficient (Wildman–Crippen LogP) is 3.91. The summed E-state index contributed by atoms with van der Waals surface area (Å²) in [5.74, 6) is 0. The second-order valence-corrected chi connectivity index (χ2v) is 5.37. The van der Waals surface area contributed by atoms with Crippen LogP contribution in [0.1, 0.15) is 4.88 Å². The van der Waals surface area contributed by atoms with Crippen LogP contribution in [0.5, 0.6) is 0 Å². The van der Waals surface area contributed by atoms with E-state index in [0.717, 1.165) is 12.7 Å². The fourth-order valence-corrected chi connectivity index (χ4v) is 3.23. The van der Waals surface area contributed by atoms with E-state index in [1.165, 1.54) is 11.3 Å². The molecule has 0 saturated carbocycles. The number of thiophene rings is 1. The zero-order valence-electron chi connectivity index (χ0n) is 4.49. The molecule has 1 aromatic rings. The van der Waals surface area contributed by atoms with Crippen molar-refractivity contribution in [2.75, 3.05) is 0 Å². The van der Waals surface area contributed by atoms with Crippen LogP contribution in [-0.4, -0.2) is 0 Å². The van der Waals surface area contributed by atoms with Gasteiger partial charge in [-0.25, -0.2) is 0 Å². The van der Waals surface area contributed by atoms with E-state index in [9.17, 15) is 0 Å². The molecule has 1 rings (SSSR count). The first-order valence-corrected chi connectivity index (χ1v) is 5.39. The van der Waals surface area contributed by atoms with Gasteiger partial charge in [0.2, 0.25) is 0 Å². The lowest BCUT2D eigenvalue weighted by Gasteiger charge is -1.82. The largest absolute Gasteiger partial charge is 0.191 e. The van der Waals surface area contributed by atoms with Gasteiger partial charge in [0.15, 0.2) is 0 Å². The van der Waals surface area contributed by atoms with Crippen LogP contribution in [0.15, 0.2) is 12.7 Å². The van der Waals surface area contributed by atoms with E-state index >= 15 is 0 Å². The summed E-state index contributed by atoms with van der Waals surface area (Å²) < 4.78 is 2.68. The van der Waals surface area contributed by atoms with Crippen LogP contribution in [0.4, 0.5) is 0 Å². The zero-order chi connectivity index (χ0) is 7.72. The molecule has 1 aromatic heterocycles. The number of halogens is 3. The first-order valence-electron chi connectivity index (χ1n) is 2.20. The molecule has 0 aliphatic heterocycles. The zero-order valence-corrected chi connectivity index (χ0v) is 10.1. The average Bonchev–Trinajstić information content (AvgIpc) is 2.17. The normalized spacial score (nSPS) is 9.40. The molecule has 0 fully saturated rings. The van der Waals surface area contributed by atoms with Crippen LogP contribution >= 0.6 is 59.1 Å². The standard InChI is InChI=1S/C5Br3NS/c6-3-2(1-9)10-5(8)4(3)7.